The van der Waals surface area contributed by atoms with Crippen LogP contribution in [0.5, 0.6) is 0 Å². The van der Waals surface area contributed by atoms with Crippen LogP contribution in [0.3, 0.4) is 0 Å². The molecule has 0 radical (unpaired) electrons. The molecule has 6 nitrogen and oxygen atoms in total. The molecule has 1 aliphatic heterocycles. The van der Waals surface area contributed by atoms with Crippen molar-refractivity contribution < 1.29 is 13.2 Å². The number of sulfone groups is 1. The van der Waals surface area contributed by atoms with E-state index in [1.807, 2.05) is 0 Å². The van der Waals surface area contributed by atoms with Crippen LogP contribution in [0.2, 0.25) is 0 Å². The number of piperazine rings is 1. The lowest BCUT2D eigenvalue weighted by molar-refractivity contribution is -0.132. The van der Waals surface area contributed by atoms with Crippen LogP contribution in [0.4, 0.5) is 5.69 Å². The Morgan fingerprint density at radius 2 is 1.83 bits per heavy atom. The molecule has 1 aromatic rings. The highest BCUT2D eigenvalue weighted by Gasteiger charge is 2.26. The zero-order valence-corrected chi connectivity index (χ0v) is 15.5. The van der Waals surface area contributed by atoms with Crippen molar-refractivity contribution >= 4 is 21.4 Å². The van der Waals surface area contributed by atoms with Gasteiger partial charge in [-0.1, -0.05) is 12.1 Å². The molecule has 1 amide bonds. The Kier molecular flexibility index (Phi) is 5.87. The van der Waals surface area contributed by atoms with E-state index in [4.69, 9.17) is 5.73 Å². The first-order chi connectivity index (χ1) is 11.2. The van der Waals surface area contributed by atoms with Crippen LogP contribution in [-0.4, -0.2) is 63.5 Å². The fourth-order valence-electron chi connectivity index (χ4n) is 2.93. The fourth-order valence-corrected chi connectivity index (χ4v) is 3.61. The molecule has 1 heterocycles. The number of benzene rings is 1. The molecule has 1 atom stereocenters. The average molecular weight is 353 g/mol. The first-order valence-electron chi connectivity index (χ1n) is 8.21. The molecule has 0 aromatic heterocycles. The Bertz CT molecular complexity index is 695. The maximum Gasteiger partial charge on any atom is 0.239 e. The summed E-state index contributed by atoms with van der Waals surface area (Å²) in [7, 11) is -3.10. The summed E-state index contributed by atoms with van der Waals surface area (Å²) in [6.07, 6.45) is 1.34. The van der Waals surface area contributed by atoms with Gasteiger partial charge in [0, 0.05) is 38.1 Å². The molecule has 0 saturated carbocycles. The predicted octanol–water partition coefficient (Wildman–Crippen LogP) is 0.714. The van der Waals surface area contributed by atoms with Crippen molar-refractivity contribution in [3.63, 3.8) is 0 Å². The second-order valence-electron chi connectivity index (χ2n) is 6.63. The Hall–Kier alpha value is -1.60. The van der Waals surface area contributed by atoms with Crippen molar-refractivity contribution in [1.29, 1.82) is 0 Å². The van der Waals surface area contributed by atoms with E-state index in [1.165, 1.54) is 16.8 Å². The number of carbonyl (C=O) groups excluding carboxylic acids is 1. The second kappa shape index (κ2) is 7.53. The highest BCUT2D eigenvalue weighted by atomic mass is 32.2. The topological polar surface area (TPSA) is 83.7 Å². The summed E-state index contributed by atoms with van der Waals surface area (Å²) in [6.45, 7) is 6.90. The highest BCUT2D eigenvalue weighted by molar-refractivity contribution is 7.90. The van der Waals surface area contributed by atoms with Crippen LogP contribution >= 0.6 is 0 Å². The van der Waals surface area contributed by atoms with Gasteiger partial charge in [0.2, 0.25) is 5.91 Å². The second-order valence-corrected chi connectivity index (χ2v) is 8.89. The van der Waals surface area contributed by atoms with Gasteiger partial charge in [-0.15, -0.1) is 0 Å². The van der Waals surface area contributed by atoms with Gasteiger partial charge >= 0.3 is 0 Å². The minimum Gasteiger partial charge on any atom is -0.368 e. The molecule has 1 fully saturated rings. The summed E-state index contributed by atoms with van der Waals surface area (Å²) >= 11 is 0. The summed E-state index contributed by atoms with van der Waals surface area (Å²) in [5, 5.41) is 0. The molecule has 24 heavy (non-hydrogen) atoms. The van der Waals surface area contributed by atoms with E-state index < -0.39 is 15.9 Å². The molecule has 0 aliphatic carbocycles. The lowest BCUT2D eigenvalue weighted by atomic mass is 10.1. The first-order valence-corrected chi connectivity index (χ1v) is 10.3. The van der Waals surface area contributed by atoms with Crippen molar-refractivity contribution in [2.75, 3.05) is 43.1 Å². The summed E-state index contributed by atoms with van der Waals surface area (Å²) in [5.41, 5.74) is 9.53. The third-order valence-electron chi connectivity index (χ3n) is 4.41. The molecule has 7 heteroatoms. The van der Waals surface area contributed by atoms with E-state index >= 15 is 0 Å². The maximum absolute atomic E-state index is 12.4. The van der Waals surface area contributed by atoms with Crippen molar-refractivity contribution in [2.24, 2.45) is 5.73 Å². The molecular formula is C17H27N3O3S. The number of aryl methyl sites for hydroxylation is 2. The largest absolute Gasteiger partial charge is 0.368 e. The zero-order valence-electron chi connectivity index (χ0n) is 14.7. The number of hydrogen-bond acceptors (Lipinski definition) is 5. The lowest BCUT2D eigenvalue weighted by Gasteiger charge is -2.37. The van der Waals surface area contributed by atoms with E-state index in [2.05, 4.69) is 36.9 Å². The molecule has 1 aromatic carbocycles. The Morgan fingerprint density at radius 1 is 1.21 bits per heavy atom. The summed E-state index contributed by atoms with van der Waals surface area (Å²) in [5.74, 6) is -0.207. The van der Waals surface area contributed by atoms with Crippen molar-refractivity contribution in [3.05, 3.63) is 29.3 Å². The predicted molar refractivity (Wildman–Crippen MR) is 97.0 cm³/mol. The molecule has 1 saturated heterocycles. The van der Waals surface area contributed by atoms with Gasteiger partial charge in [-0.3, -0.25) is 4.79 Å². The van der Waals surface area contributed by atoms with Gasteiger partial charge < -0.3 is 15.5 Å². The molecule has 0 bridgehead atoms. The molecule has 134 valence electrons. The molecule has 1 unspecified atom stereocenters. The molecule has 2 N–H and O–H groups in total. The van der Waals surface area contributed by atoms with Crippen LogP contribution in [0, 0.1) is 13.8 Å². The van der Waals surface area contributed by atoms with Crippen molar-refractivity contribution in [3.8, 4) is 0 Å². The summed E-state index contributed by atoms with van der Waals surface area (Å²) in [4.78, 5) is 16.4. The highest BCUT2D eigenvalue weighted by Crippen LogP contribution is 2.23. The smallest absolute Gasteiger partial charge is 0.239 e. The van der Waals surface area contributed by atoms with E-state index in [1.54, 1.807) is 4.90 Å². The number of amides is 1. The number of rotatable bonds is 5. The van der Waals surface area contributed by atoms with E-state index in [0.29, 0.717) is 13.1 Å². The van der Waals surface area contributed by atoms with Gasteiger partial charge in [-0.05, 0) is 37.5 Å². The van der Waals surface area contributed by atoms with Gasteiger partial charge in [0.15, 0.2) is 0 Å². The van der Waals surface area contributed by atoms with Gasteiger partial charge in [0.1, 0.15) is 9.84 Å². The van der Waals surface area contributed by atoms with Gasteiger partial charge in [-0.2, -0.15) is 0 Å². The third kappa shape index (κ3) is 4.95. The molecule has 2 rings (SSSR count). The van der Waals surface area contributed by atoms with E-state index in [-0.39, 0.29) is 18.1 Å². The van der Waals surface area contributed by atoms with Gasteiger partial charge in [0.05, 0.1) is 11.8 Å². The molecule has 1 aliphatic rings. The zero-order chi connectivity index (χ0) is 17.9. The van der Waals surface area contributed by atoms with E-state index in [9.17, 15) is 13.2 Å². The van der Waals surface area contributed by atoms with Crippen LogP contribution in [0.25, 0.3) is 0 Å². The Balaban J connectivity index is 1.92. The number of anilines is 1. The Morgan fingerprint density at radius 3 is 2.42 bits per heavy atom. The number of carbonyl (C=O) groups is 1. The van der Waals surface area contributed by atoms with Crippen LogP contribution < -0.4 is 10.6 Å². The molecule has 0 spiro atoms. The maximum atomic E-state index is 12.4. The summed E-state index contributed by atoms with van der Waals surface area (Å²) in [6, 6.07) is 5.64. The Labute approximate surface area is 144 Å². The standard InChI is InChI=1S/C17H27N3O3S/c1-13-4-5-14(2)16(12-13)19-7-9-20(10-8-19)17(21)15(18)6-11-24(3,22)23/h4-5,12,15H,6-11,18H2,1-3H3. The third-order valence-corrected chi connectivity index (χ3v) is 5.39. The van der Waals surface area contributed by atoms with Gasteiger partial charge in [-0.25, -0.2) is 8.42 Å². The fraction of sp³-hybridized carbons (Fsp3) is 0.588. The van der Waals surface area contributed by atoms with Crippen molar-refractivity contribution in [2.45, 2.75) is 26.3 Å². The number of nitrogens with two attached hydrogens (primary N) is 1. The quantitative estimate of drug-likeness (QED) is 0.843. The van der Waals surface area contributed by atoms with Crippen LogP contribution in [-0.2, 0) is 14.6 Å². The minimum atomic E-state index is -3.10. The molecular weight excluding hydrogens is 326 g/mol. The lowest BCUT2D eigenvalue weighted by Crippen LogP contribution is -2.53. The SMILES string of the molecule is Cc1ccc(C)c(N2CCN(C(=O)C(N)CCS(C)(=O)=O)CC2)c1. The van der Waals surface area contributed by atoms with Crippen LogP contribution in [0.1, 0.15) is 17.5 Å². The van der Waals surface area contributed by atoms with E-state index in [0.717, 1.165) is 19.3 Å². The summed E-state index contributed by atoms with van der Waals surface area (Å²) < 4.78 is 22.4. The normalized spacial score (nSPS) is 17.0. The minimum absolute atomic E-state index is 0.0532. The van der Waals surface area contributed by atoms with Crippen LogP contribution in [0.15, 0.2) is 18.2 Å². The monoisotopic (exact) mass is 353 g/mol. The number of hydrogen-bond donors (Lipinski definition) is 1. The van der Waals surface area contributed by atoms with Crippen molar-refractivity contribution in [1.82, 2.24) is 4.90 Å². The first kappa shape index (κ1) is 18.7. The number of nitrogens with zero attached hydrogens (tertiary/aromatic N) is 2. The average Bonchev–Trinajstić information content (AvgIpc) is 2.53. The van der Waals surface area contributed by atoms with Gasteiger partial charge in [0.25, 0.3) is 0 Å².